The fourth-order valence-electron chi connectivity index (χ4n) is 1.76. The zero-order valence-corrected chi connectivity index (χ0v) is 7.05. The van der Waals surface area contributed by atoms with Gasteiger partial charge in [-0.3, -0.25) is 0 Å². The van der Waals surface area contributed by atoms with Crippen LogP contribution in [0.1, 0.15) is 32.6 Å². The molecule has 0 aromatic heterocycles. The number of nitrogens with two attached hydrogens (primary N) is 1. The standard InChI is InChI=1S/C8H16N2O/c1-2-4-7-5-3-6-10(7)8(9)11/h7H,2-6H2,1H3,(H2,9,11). The van der Waals surface area contributed by atoms with Gasteiger partial charge in [0.2, 0.25) is 0 Å². The van der Waals surface area contributed by atoms with Crippen molar-refractivity contribution in [2.45, 2.75) is 38.6 Å². The number of urea groups is 1. The molecule has 0 spiro atoms. The third-order valence-corrected chi connectivity index (χ3v) is 2.28. The van der Waals surface area contributed by atoms with Crippen LogP contribution in [0.15, 0.2) is 0 Å². The fourth-order valence-corrected chi connectivity index (χ4v) is 1.76. The Bertz CT molecular complexity index is 147. The minimum absolute atomic E-state index is 0.249. The van der Waals surface area contributed by atoms with Crippen molar-refractivity contribution in [3.63, 3.8) is 0 Å². The molecule has 3 nitrogen and oxygen atoms in total. The Hall–Kier alpha value is -0.730. The summed E-state index contributed by atoms with van der Waals surface area (Å²) in [6.07, 6.45) is 4.49. The number of rotatable bonds is 2. The molecule has 1 heterocycles. The SMILES string of the molecule is CCCC1CCCN1C(N)=O. The third-order valence-electron chi connectivity index (χ3n) is 2.28. The average Bonchev–Trinajstić information content (AvgIpc) is 2.36. The summed E-state index contributed by atoms with van der Waals surface area (Å²) in [6.45, 7) is 3.00. The van der Waals surface area contributed by atoms with E-state index in [9.17, 15) is 4.79 Å². The van der Waals surface area contributed by atoms with Gasteiger partial charge in [0.25, 0.3) is 0 Å². The zero-order valence-electron chi connectivity index (χ0n) is 7.05. The fraction of sp³-hybridized carbons (Fsp3) is 0.875. The molecular formula is C8H16N2O. The first-order valence-corrected chi connectivity index (χ1v) is 4.31. The van der Waals surface area contributed by atoms with Crippen LogP contribution >= 0.6 is 0 Å². The summed E-state index contributed by atoms with van der Waals surface area (Å²) in [5.74, 6) is 0. The van der Waals surface area contributed by atoms with E-state index in [0.717, 1.165) is 32.2 Å². The molecule has 1 unspecified atom stereocenters. The van der Waals surface area contributed by atoms with Gasteiger partial charge in [-0.25, -0.2) is 4.79 Å². The number of hydrogen-bond acceptors (Lipinski definition) is 1. The van der Waals surface area contributed by atoms with Crippen LogP contribution in [-0.4, -0.2) is 23.5 Å². The van der Waals surface area contributed by atoms with E-state index < -0.39 is 0 Å². The number of likely N-dealkylation sites (tertiary alicyclic amines) is 1. The summed E-state index contributed by atoms with van der Waals surface area (Å²) < 4.78 is 0. The molecule has 0 bridgehead atoms. The van der Waals surface area contributed by atoms with Crippen molar-refractivity contribution < 1.29 is 4.79 Å². The maximum absolute atomic E-state index is 10.8. The largest absolute Gasteiger partial charge is 0.351 e. The Morgan fingerprint density at radius 1 is 1.73 bits per heavy atom. The van der Waals surface area contributed by atoms with Gasteiger partial charge in [0.15, 0.2) is 0 Å². The van der Waals surface area contributed by atoms with Crippen LogP contribution in [0.3, 0.4) is 0 Å². The van der Waals surface area contributed by atoms with E-state index in [1.807, 2.05) is 0 Å². The van der Waals surface area contributed by atoms with Crippen LogP contribution in [0.4, 0.5) is 4.79 Å². The van der Waals surface area contributed by atoms with Crippen molar-refractivity contribution in [1.82, 2.24) is 4.90 Å². The summed E-state index contributed by atoms with van der Waals surface area (Å²) in [5, 5.41) is 0. The van der Waals surface area contributed by atoms with Gasteiger partial charge in [0, 0.05) is 12.6 Å². The molecule has 1 saturated heterocycles. The van der Waals surface area contributed by atoms with E-state index in [0.29, 0.717) is 6.04 Å². The first-order valence-electron chi connectivity index (χ1n) is 4.31. The van der Waals surface area contributed by atoms with E-state index >= 15 is 0 Å². The lowest BCUT2D eigenvalue weighted by Crippen LogP contribution is -2.39. The number of carbonyl (C=O) groups excluding carboxylic acids is 1. The Morgan fingerprint density at radius 3 is 3.00 bits per heavy atom. The van der Waals surface area contributed by atoms with Crippen LogP contribution in [0.2, 0.25) is 0 Å². The lowest BCUT2D eigenvalue weighted by atomic mass is 10.1. The van der Waals surface area contributed by atoms with Crippen LogP contribution in [-0.2, 0) is 0 Å². The number of primary amides is 1. The van der Waals surface area contributed by atoms with Gasteiger partial charge in [0.1, 0.15) is 0 Å². The second-order valence-electron chi connectivity index (χ2n) is 3.12. The highest BCUT2D eigenvalue weighted by Gasteiger charge is 2.25. The molecule has 0 aromatic carbocycles. The van der Waals surface area contributed by atoms with E-state index in [4.69, 9.17) is 5.73 Å². The zero-order chi connectivity index (χ0) is 8.27. The molecule has 2 amide bonds. The second-order valence-corrected chi connectivity index (χ2v) is 3.12. The highest BCUT2D eigenvalue weighted by atomic mass is 16.2. The molecule has 1 aliphatic heterocycles. The van der Waals surface area contributed by atoms with Gasteiger partial charge >= 0.3 is 6.03 Å². The summed E-state index contributed by atoms with van der Waals surface area (Å²) >= 11 is 0. The Balaban J connectivity index is 2.44. The lowest BCUT2D eigenvalue weighted by Gasteiger charge is -2.21. The highest BCUT2D eigenvalue weighted by Crippen LogP contribution is 2.20. The molecule has 1 fully saturated rings. The number of carbonyl (C=O) groups is 1. The highest BCUT2D eigenvalue weighted by molar-refractivity contribution is 5.72. The van der Waals surface area contributed by atoms with Crippen molar-refractivity contribution >= 4 is 6.03 Å². The molecule has 0 radical (unpaired) electrons. The van der Waals surface area contributed by atoms with Crippen LogP contribution in [0, 0.1) is 0 Å². The molecule has 64 valence electrons. The topological polar surface area (TPSA) is 46.3 Å². The molecule has 1 rings (SSSR count). The Kier molecular flexibility index (Phi) is 2.74. The normalized spacial score (nSPS) is 24.1. The predicted molar refractivity (Wildman–Crippen MR) is 44.2 cm³/mol. The molecule has 3 heteroatoms. The minimum Gasteiger partial charge on any atom is -0.351 e. The molecule has 1 atom stereocenters. The monoisotopic (exact) mass is 156 g/mol. The molecule has 2 N–H and O–H groups in total. The van der Waals surface area contributed by atoms with Crippen molar-refractivity contribution in [3.05, 3.63) is 0 Å². The first kappa shape index (κ1) is 8.37. The van der Waals surface area contributed by atoms with Gasteiger partial charge in [-0.05, 0) is 19.3 Å². The van der Waals surface area contributed by atoms with Crippen LogP contribution in [0.25, 0.3) is 0 Å². The maximum Gasteiger partial charge on any atom is 0.315 e. The van der Waals surface area contributed by atoms with Gasteiger partial charge in [-0.2, -0.15) is 0 Å². The van der Waals surface area contributed by atoms with Gasteiger partial charge in [-0.15, -0.1) is 0 Å². The van der Waals surface area contributed by atoms with E-state index in [-0.39, 0.29) is 6.03 Å². The van der Waals surface area contributed by atoms with Crippen molar-refractivity contribution in [3.8, 4) is 0 Å². The molecule has 0 aliphatic carbocycles. The van der Waals surface area contributed by atoms with Gasteiger partial charge in [-0.1, -0.05) is 13.3 Å². The lowest BCUT2D eigenvalue weighted by molar-refractivity contribution is 0.199. The average molecular weight is 156 g/mol. The minimum atomic E-state index is -0.249. The quantitative estimate of drug-likeness (QED) is 0.644. The molecule has 1 aliphatic rings. The van der Waals surface area contributed by atoms with Gasteiger partial charge < -0.3 is 10.6 Å². The predicted octanol–water partition coefficient (Wildman–Crippen LogP) is 1.33. The van der Waals surface area contributed by atoms with E-state index in [1.54, 1.807) is 4.90 Å². The van der Waals surface area contributed by atoms with E-state index in [1.165, 1.54) is 0 Å². The molecule has 0 saturated carbocycles. The summed E-state index contributed by atoms with van der Waals surface area (Å²) in [6, 6.07) is 0.179. The maximum atomic E-state index is 10.8. The Labute approximate surface area is 67.5 Å². The molecular weight excluding hydrogens is 140 g/mol. The summed E-state index contributed by atoms with van der Waals surface area (Å²) in [7, 11) is 0. The first-order chi connectivity index (χ1) is 5.25. The number of nitrogens with zero attached hydrogens (tertiary/aromatic N) is 1. The van der Waals surface area contributed by atoms with Crippen molar-refractivity contribution in [1.29, 1.82) is 0 Å². The van der Waals surface area contributed by atoms with Crippen molar-refractivity contribution in [2.24, 2.45) is 5.73 Å². The summed E-state index contributed by atoms with van der Waals surface area (Å²) in [4.78, 5) is 12.6. The second kappa shape index (κ2) is 3.60. The molecule has 11 heavy (non-hydrogen) atoms. The Morgan fingerprint density at radius 2 is 2.45 bits per heavy atom. The smallest absolute Gasteiger partial charge is 0.315 e. The molecule has 0 aromatic rings. The van der Waals surface area contributed by atoms with Crippen LogP contribution < -0.4 is 5.73 Å². The number of hydrogen-bond donors (Lipinski definition) is 1. The van der Waals surface area contributed by atoms with Gasteiger partial charge in [0.05, 0.1) is 0 Å². The third kappa shape index (κ3) is 1.85. The van der Waals surface area contributed by atoms with Crippen LogP contribution in [0.5, 0.6) is 0 Å². The number of amides is 2. The summed E-state index contributed by atoms with van der Waals surface area (Å²) in [5.41, 5.74) is 5.21. The van der Waals surface area contributed by atoms with E-state index in [2.05, 4.69) is 6.92 Å². The van der Waals surface area contributed by atoms with Crippen molar-refractivity contribution in [2.75, 3.05) is 6.54 Å².